The summed E-state index contributed by atoms with van der Waals surface area (Å²) in [4.78, 5) is 17.8. The number of unbranched alkanes of at least 4 members (excludes halogenated alkanes) is 10. The summed E-state index contributed by atoms with van der Waals surface area (Å²) in [5.41, 5.74) is 0.359. The quantitative estimate of drug-likeness (QED) is 0.0225. The molecule has 0 aliphatic carbocycles. The fraction of sp³-hybridized carbons (Fsp3) is 0.510. The van der Waals surface area contributed by atoms with Crippen LogP contribution in [0.3, 0.4) is 0 Å². The van der Waals surface area contributed by atoms with Gasteiger partial charge in [0.2, 0.25) is 0 Å². The van der Waals surface area contributed by atoms with Crippen molar-refractivity contribution in [1.29, 1.82) is 0 Å². The number of aromatic nitrogens is 1. The number of ether oxygens (including phenoxy) is 6. The van der Waals surface area contributed by atoms with Gasteiger partial charge in [-0.15, -0.1) is 0 Å². The van der Waals surface area contributed by atoms with Crippen LogP contribution in [0.15, 0.2) is 60.9 Å². The molecule has 0 bridgehead atoms. The van der Waals surface area contributed by atoms with E-state index in [2.05, 4.69) is 63.9 Å². The minimum absolute atomic E-state index is 0.344. The molecule has 0 spiro atoms. The number of pyridine rings is 1. The lowest BCUT2D eigenvalue weighted by Crippen LogP contribution is -2.10. The molecule has 4 aromatic carbocycles. The average molecular weight is 780 g/mol. The van der Waals surface area contributed by atoms with Crippen LogP contribution in [0.5, 0.6) is 34.5 Å². The van der Waals surface area contributed by atoms with E-state index in [-0.39, 0.29) is 0 Å². The molecule has 0 aliphatic rings. The van der Waals surface area contributed by atoms with Gasteiger partial charge in [-0.05, 0) is 108 Å². The molecule has 0 aliphatic heterocycles. The van der Waals surface area contributed by atoms with E-state index in [0.717, 1.165) is 140 Å². The molecule has 308 valence electrons. The summed E-state index contributed by atoms with van der Waals surface area (Å²) in [6.07, 6.45) is 18.7. The van der Waals surface area contributed by atoms with Crippen molar-refractivity contribution in [3.05, 3.63) is 66.5 Å². The summed E-state index contributed by atoms with van der Waals surface area (Å²) >= 11 is 0. The third-order valence-corrected chi connectivity index (χ3v) is 10.3. The van der Waals surface area contributed by atoms with Gasteiger partial charge in [0, 0.05) is 17.8 Å². The van der Waals surface area contributed by atoms with Crippen LogP contribution in [-0.2, 0) is 0 Å². The van der Waals surface area contributed by atoms with Crippen LogP contribution in [-0.4, -0.2) is 44.0 Å². The molecule has 0 saturated heterocycles. The second-order valence-electron chi connectivity index (χ2n) is 14.9. The van der Waals surface area contributed by atoms with Crippen molar-refractivity contribution in [2.24, 2.45) is 0 Å². The number of carbonyl (C=O) groups is 1. The first-order chi connectivity index (χ1) is 28.0. The van der Waals surface area contributed by atoms with Crippen molar-refractivity contribution in [3.63, 3.8) is 0 Å². The molecule has 0 unspecified atom stereocenters. The molecule has 0 saturated carbocycles. The normalized spacial score (nSPS) is 11.3. The molecule has 8 nitrogen and oxygen atoms in total. The number of benzene rings is 4. The Bertz CT molecular complexity index is 1980. The zero-order valence-corrected chi connectivity index (χ0v) is 35.2. The van der Waals surface area contributed by atoms with Gasteiger partial charge in [0.15, 0.2) is 34.5 Å². The maximum Gasteiger partial charge on any atom is 0.345 e. The van der Waals surface area contributed by atoms with Crippen LogP contribution in [0, 0.1) is 0 Å². The van der Waals surface area contributed by atoms with E-state index in [1.54, 1.807) is 18.3 Å². The highest BCUT2D eigenvalue weighted by Crippen LogP contribution is 2.49. The maximum absolute atomic E-state index is 13.6. The van der Waals surface area contributed by atoms with E-state index < -0.39 is 5.97 Å². The van der Waals surface area contributed by atoms with Gasteiger partial charge in [0.25, 0.3) is 0 Å². The van der Waals surface area contributed by atoms with Gasteiger partial charge in [0.05, 0.1) is 38.6 Å². The van der Waals surface area contributed by atoms with Gasteiger partial charge in [-0.25, -0.2) is 4.79 Å². The van der Waals surface area contributed by atoms with Crippen molar-refractivity contribution in [1.82, 2.24) is 4.98 Å². The van der Waals surface area contributed by atoms with Gasteiger partial charge < -0.3 is 28.4 Å². The predicted molar refractivity (Wildman–Crippen MR) is 233 cm³/mol. The van der Waals surface area contributed by atoms with Crippen molar-refractivity contribution < 1.29 is 33.2 Å². The largest absolute Gasteiger partial charge is 0.490 e. The van der Waals surface area contributed by atoms with E-state index in [1.807, 2.05) is 12.1 Å². The number of esters is 1. The fourth-order valence-electron chi connectivity index (χ4n) is 7.03. The third kappa shape index (κ3) is 11.9. The maximum atomic E-state index is 13.6. The molecule has 5 rings (SSSR count). The standard InChI is InChI=1S/C49H65NO7/c1-6-11-16-26-52-42-24-23-37-38-31-43(53-27-17-12-7-2)44(54-28-18-13-8-3)32-39(38)40-33-46(57-49(51)36-22-21-25-50-35-36)45(55-29-19-14-9-4)34-41(40)47(37)48(42)56-30-20-15-10-5/h21-25,31-35H,6-20,26-30H2,1-5H3. The molecule has 0 amide bonds. The minimum atomic E-state index is -0.503. The van der Waals surface area contributed by atoms with E-state index >= 15 is 0 Å². The second-order valence-corrected chi connectivity index (χ2v) is 14.9. The van der Waals surface area contributed by atoms with E-state index in [9.17, 15) is 4.79 Å². The third-order valence-electron chi connectivity index (χ3n) is 10.3. The Balaban J connectivity index is 1.81. The Labute approximate surface area is 340 Å². The summed E-state index contributed by atoms with van der Waals surface area (Å²) in [6, 6.07) is 15.8. The highest BCUT2D eigenvalue weighted by Gasteiger charge is 2.23. The SMILES string of the molecule is CCCCCOc1cc2c(cc1OCCCCC)c1ccc(OCCCCC)c(OCCCCC)c1c1cc(OCCCCC)c(OC(=O)c3cccnc3)cc21. The average Bonchev–Trinajstić information content (AvgIpc) is 3.23. The molecular weight excluding hydrogens is 715 g/mol. The van der Waals surface area contributed by atoms with Crippen LogP contribution >= 0.6 is 0 Å². The molecule has 0 fully saturated rings. The Morgan fingerprint density at radius 1 is 0.474 bits per heavy atom. The predicted octanol–water partition coefficient (Wildman–Crippen LogP) is 13.6. The summed E-state index contributed by atoms with van der Waals surface area (Å²) in [5.74, 6) is 3.20. The van der Waals surface area contributed by atoms with Crippen molar-refractivity contribution in [2.45, 2.75) is 131 Å². The number of nitrogens with zero attached hydrogens (tertiary/aromatic N) is 1. The van der Waals surface area contributed by atoms with Crippen LogP contribution in [0.1, 0.15) is 141 Å². The number of hydrogen-bond donors (Lipinski definition) is 0. The zero-order valence-electron chi connectivity index (χ0n) is 35.2. The van der Waals surface area contributed by atoms with Crippen LogP contribution in [0.2, 0.25) is 0 Å². The molecule has 0 atom stereocenters. The Morgan fingerprint density at radius 3 is 1.42 bits per heavy atom. The molecule has 5 aromatic rings. The van der Waals surface area contributed by atoms with Crippen molar-refractivity contribution >= 4 is 38.3 Å². The monoisotopic (exact) mass is 779 g/mol. The Hall–Kier alpha value is -4.72. The van der Waals surface area contributed by atoms with Crippen molar-refractivity contribution in [2.75, 3.05) is 33.0 Å². The Kier molecular flexibility index (Phi) is 17.9. The lowest BCUT2D eigenvalue weighted by Gasteiger charge is -2.21. The lowest BCUT2D eigenvalue weighted by molar-refractivity contribution is 0.0727. The minimum Gasteiger partial charge on any atom is -0.490 e. The summed E-state index contributed by atoms with van der Waals surface area (Å²) in [6.45, 7) is 13.8. The van der Waals surface area contributed by atoms with Crippen LogP contribution in [0.4, 0.5) is 0 Å². The summed E-state index contributed by atoms with van der Waals surface area (Å²) in [7, 11) is 0. The molecule has 8 heteroatoms. The molecule has 1 aromatic heterocycles. The lowest BCUT2D eigenvalue weighted by atomic mass is 9.92. The van der Waals surface area contributed by atoms with Gasteiger partial charge in [-0.2, -0.15) is 0 Å². The first kappa shape index (κ1) is 43.4. The number of carbonyl (C=O) groups excluding carboxylic acids is 1. The zero-order chi connectivity index (χ0) is 40.2. The van der Waals surface area contributed by atoms with E-state index in [4.69, 9.17) is 28.4 Å². The fourth-order valence-corrected chi connectivity index (χ4v) is 7.03. The number of hydrogen-bond acceptors (Lipinski definition) is 8. The molecule has 0 radical (unpaired) electrons. The van der Waals surface area contributed by atoms with E-state index in [1.165, 1.54) is 6.20 Å². The van der Waals surface area contributed by atoms with E-state index in [0.29, 0.717) is 61.6 Å². The van der Waals surface area contributed by atoms with Crippen molar-refractivity contribution in [3.8, 4) is 34.5 Å². The number of fused-ring (bicyclic) bond motifs is 6. The summed E-state index contributed by atoms with van der Waals surface area (Å²) < 4.78 is 39.0. The molecular formula is C49H65NO7. The smallest absolute Gasteiger partial charge is 0.345 e. The van der Waals surface area contributed by atoms with Crippen LogP contribution in [0.25, 0.3) is 32.3 Å². The first-order valence-corrected chi connectivity index (χ1v) is 21.8. The van der Waals surface area contributed by atoms with Crippen LogP contribution < -0.4 is 28.4 Å². The van der Waals surface area contributed by atoms with Gasteiger partial charge in [0.1, 0.15) is 0 Å². The highest BCUT2D eigenvalue weighted by atomic mass is 16.6. The molecule has 57 heavy (non-hydrogen) atoms. The summed E-state index contributed by atoms with van der Waals surface area (Å²) in [5, 5.41) is 5.68. The highest BCUT2D eigenvalue weighted by molar-refractivity contribution is 6.28. The topological polar surface area (TPSA) is 85.3 Å². The van der Waals surface area contributed by atoms with Gasteiger partial charge in [-0.1, -0.05) is 98.8 Å². The molecule has 0 N–H and O–H groups in total. The first-order valence-electron chi connectivity index (χ1n) is 21.8. The molecule has 1 heterocycles. The van der Waals surface area contributed by atoms with Gasteiger partial charge >= 0.3 is 5.97 Å². The number of rotatable bonds is 27. The Morgan fingerprint density at radius 2 is 0.912 bits per heavy atom. The second kappa shape index (κ2) is 23.5. The van der Waals surface area contributed by atoms with Gasteiger partial charge in [-0.3, -0.25) is 4.98 Å².